The third kappa shape index (κ3) is 4.70. The number of piperidine rings is 1. The van der Waals surface area contributed by atoms with E-state index < -0.39 is 5.54 Å². The van der Waals surface area contributed by atoms with Crippen LogP contribution in [0, 0.1) is 5.92 Å². The van der Waals surface area contributed by atoms with Gasteiger partial charge in [-0.1, -0.05) is 37.5 Å². The van der Waals surface area contributed by atoms with Gasteiger partial charge in [0.2, 0.25) is 0 Å². The molecule has 5 nitrogen and oxygen atoms in total. The molecule has 2 aliphatic rings. The fourth-order valence-electron chi connectivity index (χ4n) is 4.41. The number of hydrogen-bond acceptors (Lipinski definition) is 3. The molecule has 5 heteroatoms. The van der Waals surface area contributed by atoms with Crippen LogP contribution in [0.3, 0.4) is 0 Å². The lowest BCUT2D eigenvalue weighted by Crippen LogP contribution is -2.59. The molecule has 0 bridgehead atoms. The first-order valence-electron chi connectivity index (χ1n) is 10.1. The molecular formula is C21H33N3O2. The van der Waals surface area contributed by atoms with E-state index in [1.54, 1.807) is 0 Å². The molecule has 0 spiro atoms. The SMILES string of the molecule is CC(CO)(NC(=O)NC1CCN(c2ccccc2)CC1)C1CCCCC1. The highest BCUT2D eigenvalue weighted by Gasteiger charge is 2.36. The van der Waals surface area contributed by atoms with Gasteiger partial charge in [-0.3, -0.25) is 0 Å². The van der Waals surface area contributed by atoms with Crippen LogP contribution in [0.4, 0.5) is 10.5 Å². The number of para-hydroxylation sites is 1. The topological polar surface area (TPSA) is 64.6 Å². The number of carbonyl (C=O) groups excluding carboxylic acids is 1. The van der Waals surface area contributed by atoms with Crippen molar-refractivity contribution in [3.8, 4) is 0 Å². The first kappa shape index (κ1) is 19.0. The van der Waals surface area contributed by atoms with Crippen molar-refractivity contribution < 1.29 is 9.90 Å². The maximum Gasteiger partial charge on any atom is 0.315 e. The van der Waals surface area contributed by atoms with Gasteiger partial charge in [-0.05, 0) is 50.7 Å². The third-order valence-corrected chi connectivity index (χ3v) is 6.19. The zero-order valence-electron chi connectivity index (χ0n) is 15.9. The Bertz CT molecular complexity index is 566. The Morgan fingerprint density at radius 1 is 1.12 bits per heavy atom. The zero-order chi connectivity index (χ0) is 18.4. The highest BCUT2D eigenvalue weighted by molar-refractivity contribution is 5.75. The van der Waals surface area contributed by atoms with Crippen molar-refractivity contribution in [2.24, 2.45) is 5.92 Å². The van der Waals surface area contributed by atoms with Crippen LogP contribution in [-0.2, 0) is 0 Å². The normalized spacial score (nSPS) is 21.8. The number of amides is 2. The largest absolute Gasteiger partial charge is 0.394 e. The fraction of sp³-hybridized carbons (Fsp3) is 0.667. The zero-order valence-corrected chi connectivity index (χ0v) is 15.9. The van der Waals surface area contributed by atoms with Gasteiger partial charge in [-0.2, -0.15) is 0 Å². The number of carbonyl (C=O) groups is 1. The predicted octanol–water partition coefficient (Wildman–Crippen LogP) is 3.29. The Hall–Kier alpha value is -1.75. The quantitative estimate of drug-likeness (QED) is 0.756. The molecule has 2 fully saturated rings. The first-order chi connectivity index (χ1) is 12.6. The lowest BCUT2D eigenvalue weighted by Gasteiger charge is -2.40. The number of anilines is 1. The molecule has 1 aliphatic carbocycles. The van der Waals surface area contributed by atoms with Crippen molar-refractivity contribution in [2.45, 2.75) is 63.5 Å². The number of aliphatic hydroxyl groups excluding tert-OH is 1. The lowest BCUT2D eigenvalue weighted by atomic mass is 9.76. The van der Waals surface area contributed by atoms with Gasteiger partial charge >= 0.3 is 6.03 Å². The Labute approximate surface area is 157 Å². The van der Waals surface area contributed by atoms with Gasteiger partial charge in [0.15, 0.2) is 0 Å². The molecule has 1 aromatic rings. The van der Waals surface area contributed by atoms with E-state index in [2.05, 4.69) is 39.8 Å². The molecule has 1 aliphatic heterocycles. The number of nitrogens with zero attached hydrogens (tertiary/aromatic N) is 1. The number of hydrogen-bond donors (Lipinski definition) is 3. The van der Waals surface area contributed by atoms with E-state index in [0.717, 1.165) is 38.8 Å². The summed E-state index contributed by atoms with van der Waals surface area (Å²) in [5, 5.41) is 16.1. The minimum absolute atomic E-state index is 0.00244. The monoisotopic (exact) mass is 359 g/mol. The van der Waals surface area contributed by atoms with Gasteiger partial charge < -0.3 is 20.6 Å². The second-order valence-corrected chi connectivity index (χ2v) is 8.11. The Morgan fingerprint density at radius 3 is 2.38 bits per heavy atom. The van der Waals surface area contributed by atoms with Crippen LogP contribution in [-0.4, -0.2) is 42.4 Å². The molecule has 3 rings (SSSR count). The number of benzene rings is 1. The van der Waals surface area contributed by atoms with Crippen molar-refractivity contribution in [2.75, 3.05) is 24.6 Å². The molecule has 1 saturated heterocycles. The van der Waals surface area contributed by atoms with E-state index in [0.29, 0.717) is 5.92 Å². The standard InChI is InChI=1S/C21H33N3O2/c1-21(16-25,17-8-4-2-5-9-17)23-20(26)22-18-12-14-24(15-13-18)19-10-6-3-7-11-19/h3,6-7,10-11,17-18,25H,2,4-5,8-9,12-16H2,1H3,(H2,22,23,26). The number of rotatable bonds is 5. The summed E-state index contributed by atoms with van der Waals surface area (Å²) in [6.07, 6.45) is 7.73. The molecule has 1 unspecified atom stereocenters. The smallest absolute Gasteiger partial charge is 0.315 e. The van der Waals surface area contributed by atoms with E-state index in [-0.39, 0.29) is 18.7 Å². The van der Waals surface area contributed by atoms with Crippen molar-refractivity contribution in [1.82, 2.24) is 10.6 Å². The van der Waals surface area contributed by atoms with Crippen LogP contribution in [0.1, 0.15) is 51.9 Å². The summed E-state index contributed by atoms with van der Waals surface area (Å²) in [6, 6.07) is 10.5. The fourth-order valence-corrected chi connectivity index (χ4v) is 4.41. The minimum atomic E-state index is -0.519. The molecule has 0 radical (unpaired) electrons. The van der Waals surface area contributed by atoms with Gasteiger partial charge in [-0.15, -0.1) is 0 Å². The van der Waals surface area contributed by atoms with E-state index in [1.165, 1.54) is 24.9 Å². The molecule has 0 aromatic heterocycles. The van der Waals surface area contributed by atoms with Crippen LogP contribution in [0.25, 0.3) is 0 Å². The lowest BCUT2D eigenvalue weighted by molar-refractivity contribution is 0.100. The third-order valence-electron chi connectivity index (χ3n) is 6.19. The van der Waals surface area contributed by atoms with Crippen LogP contribution < -0.4 is 15.5 Å². The summed E-state index contributed by atoms with van der Waals surface area (Å²) in [5.74, 6) is 0.368. The minimum Gasteiger partial charge on any atom is -0.394 e. The molecular weight excluding hydrogens is 326 g/mol. The second-order valence-electron chi connectivity index (χ2n) is 8.11. The van der Waals surface area contributed by atoms with Crippen molar-refractivity contribution in [3.05, 3.63) is 30.3 Å². The van der Waals surface area contributed by atoms with Gasteiger partial charge in [0.1, 0.15) is 0 Å². The number of nitrogens with one attached hydrogen (secondary N) is 2. The summed E-state index contributed by atoms with van der Waals surface area (Å²) in [6.45, 7) is 3.89. The van der Waals surface area contributed by atoms with Crippen LogP contribution in [0.5, 0.6) is 0 Å². The van der Waals surface area contributed by atoms with E-state index in [4.69, 9.17) is 0 Å². The van der Waals surface area contributed by atoms with Crippen LogP contribution in [0.15, 0.2) is 30.3 Å². The number of urea groups is 1. The molecule has 3 N–H and O–H groups in total. The maximum absolute atomic E-state index is 12.5. The Balaban J connectivity index is 1.47. The Morgan fingerprint density at radius 2 is 1.77 bits per heavy atom. The van der Waals surface area contributed by atoms with Crippen molar-refractivity contribution in [3.63, 3.8) is 0 Å². The Kier molecular flexibility index (Phi) is 6.41. The highest BCUT2D eigenvalue weighted by Crippen LogP contribution is 2.32. The molecule has 1 atom stereocenters. The van der Waals surface area contributed by atoms with E-state index in [9.17, 15) is 9.90 Å². The molecule has 1 saturated carbocycles. The average molecular weight is 360 g/mol. The molecule has 26 heavy (non-hydrogen) atoms. The summed E-state index contributed by atoms with van der Waals surface area (Å²) >= 11 is 0. The molecule has 1 heterocycles. The molecule has 144 valence electrons. The molecule has 1 aromatic carbocycles. The van der Waals surface area contributed by atoms with Gasteiger partial charge in [0.05, 0.1) is 12.1 Å². The van der Waals surface area contributed by atoms with Crippen molar-refractivity contribution >= 4 is 11.7 Å². The van der Waals surface area contributed by atoms with Crippen molar-refractivity contribution in [1.29, 1.82) is 0 Å². The predicted molar refractivity (Wildman–Crippen MR) is 105 cm³/mol. The van der Waals surface area contributed by atoms with Crippen LogP contribution in [0.2, 0.25) is 0 Å². The van der Waals surface area contributed by atoms with Gasteiger partial charge in [0, 0.05) is 24.8 Å². The second kappa shape index (κ2) is 8.76. The maximum atomic E-state index is 12.5. The van der Waals surface area contributed by atoms with E-state index in [1.807, 2.05) is 13.0 Å². The van der Waals surface area contributed by atoms with E-state index >= 15 is 0 Å². The summed E-state index contributed by atoms with van der Waals surface area (Å²) in [5.41, 5.74) is 0.732. The summed E-state index contributed by atoms with van der Waals surface area (Å²) in [7, 11) is 0. The summed E-state index contributed by atoms with van der Waals surface area (Å²) in [4.78, 5) is 14.9. The van der Waals surface area contributed by atoms with Crippen LogP contribution >= 0.6 is 0 Å². The highest BCUT2D eigenvalue weighted by atomic mass is 16.3. The van der Waals surface area contributed by atoms with Gasteiger partial charge in [0.25, 0.3) is 0 Å². The van der Waals surface area contributed by atoms with Gasteiger partial charge in [-0.25, -0.2) is 4.79 Å². The summed E-state index contributed by atoms with van der Waals surface area (Å²) < 4.78 is 0. The number of aliphatic hydroxyl groups is 1. The average Bonchev–Trinajstić information content (AvgIpc) is 2.69. The molecule has 2 amide bonds. The first-order valence-corrected chi connectivity index (χ1v) is 10.1.